The molecule has 2 aromatic rings. The smallest absolute Gasteiger partial charge is 0.251 e. The largest absolute Gasteiger partial charge is 0.349 e. The van der Waals surface area contributed by atoms with Gasteiger partial charge in [0.05, 0.1) is 6.54 Å². The van der Waals surface area contributed by atoms with Crippen LogP contribution in [0.3, 0.4) is 0 Å². The molecule has 0 spiro atoms. The van der Waals surface area contributed by atoms with Gasteiger partial charge < -0.3 is 10.2 Å². The molecule has 2 saturated carbocycles. The van der Waals surface area contributed by atoms with Crippen molar-refractivity contribution >= 4 is 11.8 Å². The lowest BCUT2D eigenvalue weighted by atomic mass is 10.1. The van der Waals surface area contributed by atoms with E-state index in [2.05, 4.69) is 15.4 Å². The van der Waals surface area contributed by atoms with Crippen molar-refractivity contribution in [1.82, 2.24) is 25.0 Å². The Morgan fingerprint density at radius 3 is 2.54 bits per heavy atom. The number of aromatic nitrogens is 3. The molecule has 0 radical (unpaired) electrons. The molecule has 2 fully saturated rings. The molecule has 2 aliphatic rings. The molecule has 2 aliphatic carbocycles. The van der Waals surface area contributed by atoms with Crippen LogP contribution in [-0.4, -0.2) is 43.6 Å². The molecule has 2 amide bonds. The summed E-state index contributed by atoms with van der Waals surface area (Å²) < 4.78 is 1.68. The van der Waals surface area contributed by atoms with E-state index in [1.165, 1.54) is 6.33 Å². The SMILES string of the molecule is O=C(NC1CC1)c1ccc(CN(C(=O)CCn2cncn2)C2CC2)cc1. The monoisotopic (exact) mass is 353 g/mol. The van der Waals surface area contributed by atoms with Gasteiger partial charge in [0.1, 0.15) is 12.7 Å². The molecule has 1 heterocycles. The molecule has 1 aromatic carbocycles. The quantitative estimate of drug-likeness (QED) is 0.784. The first-order valence-electron chi connectivity index (χ1n) is 9.21. The van der Waals surface area contributed by atoms with Gasteiger partial charge in [-0.3, -0.25) is 14.3 Å². The Morgan fingerprint density at radius 2 is 1.92 bits per heavy atom. The third-order valence-electron chi connectivity index (χ3n) is 4.81. The van der Waals surface area contributed by atoms with Gasteiger partial charge >= 0.3 is 0 Å². The van der Waals surface area contributed by atoms with Gasteiger partial charge in [-0.1, -0.05) is 12.1 Å². The fourth-order valence-electron chi connectivity index (χ4n) is 2.96. The van der Waals surface area contributed by atoms with Crippen LogP contribution in [0.4, 0.5) is 0 Å². The summed E-state index contributed by atoms with van der Waals surface area (Å²) in [6, 6.07) is 8.28. The van der Waals surface area contributed by atoms with Gasteiger partial charge in [0.15, 0.2) is 0 Å². The molecule has 136 valence electrons. The van der Waals surface area contributed by atoms with Crippen molar-refractivity contribution in [3.63, 3.8) is 0 Å². The predicted octanol–water partition coefficient (Wildman–Crippen LogP) is 1.75. The Hall–Kier alpha value is -2.70. The number of amides is 2. The van der Waals surface area contributed by atoms with Crippen molar-refractivity contribution in [3.05, 3.63) is 48.0 Å². The normalized spacial score (nSPS) is 16.3. The van der Waals surface area contributed by atoms with Crippen LogP contribution in [0.15, 0.2) is 36.9 Å². The number of rotatable bonds is 8. The average molecular weight is 353 g/mol. The van der Waals surface area contributed by atoms with E-state index in [0.717, 1.165) is 31.2 Å². The molecule has 1 aromatic heterocycles. The summed E-state index contributed by atoms with van der Waals surface area (Å²) in [6.07, 6.45) is 7.81. The Labute approximate surface area is 152 Å². The van der Waals surface area contributed by atoms with Crippen LogP contribution in [-0.2, 0) is 17.9 Å². The number of nitrogens with zero attached hydrogens (tertiary/aromatic N) is 4. The maximum Gasteiger partial charge on any atom is 0.251 e. The summed E-state index contributed by atoms with van der Waals surface area (Å²) in [5, 5.41) is 7.03. The highest BCUT2D eigenvalue weighted by molar-refractivity contribution is 5.94. The van der Waals surface area contributed by atoms with Crippen LogP contribution in [0.2, 0.25) is 0 Å². The predicted molar refractivity (Wildman–Crippen MR) is 95.1 cm³/mol. The second kappa shape index (κ2) is 7.27. The van der Waals surface area contributed by atoms with Crippen LogP contribution in [0, 0.1) is 0 Å². The first-order valence-corrected chi connectivity index (χ1v) is 9.21. The van der Waals surface area contributed by atoms with Crippen LogP contribution < -0.4 is 5.32 Å². The first kappa shape index (κ1) is 16.8. The van der Waals surface area contributed by atoms with Gasteiger partial charge in [-0.2, -0.15) is 5.10 Å². The van der Waals surface area contributed by atoms with Gasteiger partial charge in [-0.25, -0.2) is 4.98 Å². The van der Waals surface area contributed by atoms with Crippen molar-refractivity contribution in [2.24, 2.45) is 0 Å². The van der Waals surface area contributed by atoms with E-state index < -0.39 is 0 Å². The standard InChI is InChI=1S/C19H23N5O2/c25-18(9-10-23-13-20-12-21-23)24(17-7-8-17)11-14-1-3-15(4-2-14)19(26)22-16-5-6-16/h1-4,12-13,16-17H,5-11H2,(H,22,26). The van der Waals surface area contributed by atoms with Gasteiger partial charge in [-0.15, -0.1) is 0 Å². The number of hydrogen-bond acceptors (Lipinski definition) is 4. The zero-order valence-corrected chi connectivity index (χ0v) is 14.7. The molecule has 7 nitrogen and oxygen atoms in total. The molecule has 0 atom stereocenters. The first-order chi connectivity index (χ1) is 12.7. The van der Waals surface area contributed by atoms with E-state index in [-0.39, 0.29) is 11.8 Å². The van der Waals surface area contributed by atoms with Crippen molar-refractivity contribution in [2.45, 2.75) is 57.3 Å². The van der Waals surface area contributed by atoms with Gasteiger partial charge in [0, 0.05) is 30.6 Å². The lowest BCUT2D eigenvalue weighted by Crippen LogP contribution is -2.33. The fourth-order valence-corrected chi connectivity index (χ4v) is 2.96. The number of hydrogen-bond donors (Lipinski definition) is 1. The minimum Gasteiger partial charge on any atom is -0.349 e. The van der Waals surface area contributed by atoms with E-state index in [0.29, 0.717) is 37.2 Å². The van der Waals surface area contributed by atoms with Crippen molar-refractivity contribution < 1.29 is 9.59 Å². The molecular formula is C19H23N5O2. The highest BCUT2D eigenvalue weighted by Gasteiger charge is 2.32. The third-order valence-corrected chi connectivity index (χ3v) is 4.81. The number of benzene rings is 1. The number of carbonyl (C=O) groups is 2. The maximum atomic E-state index is 12.6. The molecule has 1 N–H and O–H groups in total. The number of carbonyl (C=O) groups excluding carboxylic acids is 2. The zero-order chi connectivity index (χ0) is 17.9. The highest BCUT2D eigenvalue weighted by atomic mass is 16.2. The molecule has 26 heavy (non-hydrogen) atoms. The minimum absolute atomic E-state index is 0.0120. The summed E-state index contributed by atoms with van der Waals surface area (Å²) in [7, 11) is 0. The number of aryl methyl sites for hydroxylation is 1. The van der Waals surface area contributed by atoms with E-state index in [1.54, 1.807) is 11.0 Å². The second-order valence-electron chi connectivity index (χ2n) is 7.11. The van der Waals surface area contributed by atoms with E-state index in [4.69, 9.17) is 0 Å². The second-order valence-corrected chi connectivity index (χ2v) is 7.11. The molecule has 7 heteroatoms. The summed E-state index contributed by atoms with van der Waals surface area (Å²) in [6.45, 7) is 1.13. The minimum atomic E-state index is -0.0120. The van der Waals surface area contributed by atoms with Crippen LogP contribution in [0.25, 0.3) is 0 Å². The summed E-state index contributed by atoms with van der Waals surface area (Å²) in [5.41, 5.74) is 1.73. The molecule has 0 aliphatic heterocycles. The Balaban J connectivity index is 1.35. The third kappa shape index (κ3) is 4.28. The van der Waals surface area contributed by atoms with Gasteiger partial charge in [0.2, 0.25) is 5.91 Å². The summed E-state index contributed by atoms with van der Waals surface area (Å²) >= 11 is 0. The lowest BCUT2D eigenvalue weighted by Gasteiger charge is -2.22. The van der Waals surface area contributed by atoms with Crippen molar-refractivity contribution in [3.8, 4) is 0 Å². The van der Waals surface area contributed by atoms with Crippen LogP contribution >= 0.6 is 0 Å². The molecule has 0 unspecified atom stereocenters. The van der Waals surface area contributed by atoms with Crippen LogP contribution in [0.5, 0.6) is 0 Å². The maximum absolute atomic E-state index is 12.6. The average Bonchev–Trinajstić information content (AvgIpc) is 3.58. The Kier molecular flexibility index (Phi) is 4.69. The van der Waals surface area contributed by atoms with Crippen molar-refractivity contribution in [2.75, 3.05) is 0 Å². The molecule has 0 bridgehead atoms. The number of nitrogens with one attached hydrogen (secondary N) is 1. The fraction of sp³-hybridized carbons (Fsp3) is 0.474. The summed E-state index contributed by atoms with van der Waals surface area (Å²) in [5.74, 6) is 0.126. The Bertz CT molecular complexity index is 764. The lowest BCUT2D eigenvalue weighted by molar-refractivity contribution is -0.132. The highest BCUT2D eigenvalue weighted by Crippen LogP contribution is 2.29. The van der Waals surface area contributed by atoms with E-state index in [9.17, 15) is 9.59 Å². The topological polar surface area (TPSA) is 80.1 Å². The Morgan fingerprint density at radius 1 is 1.15 bits per heavy atom. The van der Waals surface area contributed by atoms with E-state index >= 15 is 0 Å². The molecule has 0 saturated heterocycles. The molecular weight excluding hydrogens is 330 g/mol. The zero-order valence-electron chi connectivity index (χ0n) is 14.7. The van der Waals surface area contributed by atoms with Gasteiger partial charge in [-0.05, 0) is 43.4 Å². The van der Waals surface area contributed by atoms with Crippen LogP contribution in [0.1, 0.15) is 48.0 Å². The van der Waals surface area contributed by atoms with E-state index in [1.807, 2.05) is 29.2 Å². The van der Waals surface area contributed by atoms with Gasteiger partial charge in [0.25, 0.3) is 5.91 Å². The summed E-state index contributed by atoms with van der Waals surface area (Å²) in [4.78, 5) is 30.5. The molecule has 4 rings (SSSR count). The van der Waals surface area contributed by atoms with Crippen molar-refractivity contribution in [1.29, 1.82) is 0 Å².